The summed E-state index contributed by atoms with van der Waals surface area (Å²) in [6.45, 7) is 2.98. The van der Waals surface area contributed by atoms with Crippen molar-refractivity contribution in [3.05, 3.63) is 12.2 Å². The van der Waals surface area contributed by atoms with E-state index in [1.165, 1.54) is 6.39 Å². The fraction of sp³-hybridized carbons (Fsp3) is 0.667. The number of hydrogen-bond acceptors (Lipinski definition) is 5. The number of rotatable bonds is 4. The quantitative estimate of drug-likeness (QED) is 0.671. The third-order valence-electron chi connectivity index (χ3n) is 1.21. The van der Waals surface area contributed by atoms with Crippen LogP contribution in [0, 0.1) is 0 Å². The molecule has 0 aromatic carbocycles. The van der Waals surface area contributed by atoms with E-state index in [4.69, 9.17) is 10.5 Å². The molecule has 0 saturated carbocycles. The van der Waals surface area contributed by atoms with Crippen LogP contribution in [0.5, 0.6) is 0 Å². The van der Waals surface area contributed by atoms with Gasteiger partial charge in [-0.2, -0.15) is 4.98 Å². The lowest BCUT2D eigenvalue weighted by Crippen LogP contribution is -2.18. The average Bonchev–Trinajstić information content (AvgIpc) is 2.52. The molecule has 1 unspecified atom stereocenters. The van der Waals surface area contributed by atoms with Crippen molar-refractivity contribution in [1.82, 2.24) is 10.1 Å². The third kappa shape index (κ3) is 2.28. The molecule has 2 N–H and O–H groups in total. The van der Waals surface area contributed by atoms with Crippen LogP contribution < -0.4 is 5.73 Å². The zero-order valence-electron chi connectivity index (χ0n) is 6.36. The maximum Gasteiger partial charge on any atom is 0.213 e. The number of aromatic nitrogens is 2. The standard InChI is InChI=1S/C6H11N3O2/c1-2-10-3-5(7)6-8-4-11-9-6/h4-5H,2-3,7H2,1H3. The first-order valence-electron chi connectivity index (χ1n) is 3.44. The van der Waals surface area contributed by atoms with Crippen molar-refractivity contribution in [1.29, 1.82) is 0 Å². The van der Waals surface area contributed by atoms with Gasteiger partial charge in [0.05, 0.1) is 12.6 Å². The van der Waals surface area contributed by atoms with Crippen molar-refractivity contribution in [3.8, 4) is 0 Å². The normalized spacial score (nSPS) is 13.3. The molecule has 0 aliphatic rings. The molecule has 5 nitrogen and oxygen atoms in total. The Morgan fingerprint density at radius 1 is 1.82 bits per heavy atom. The zero-order valence-corrected chi connectivity index (χ0v) is 6.36. The highest BCUT2D eigenvalue weighted by Crippen LogP contribution is 2.02. The molecule has 0 fully saturated rings. The van der Waals surface area contributed by atoms with E-state index >= 15 is 0 Å². The molecule has 11 heavy (non-hydrogen) atoms. The van der Waals surface area contributed by atoms with Gasteiger partial charge in [0.25, 0.3) is 0 Å². The molecule has 0 aliphatic carbocycles. The van der Waals surface area contributed by atoms with Gasteiger partial charge in [-0.1, -0.05) is 5.16 Å². The summed E-state index contributed by atoms with van der Waals surface area (Å²) in [5, 5.41) is 3.58. The van der Waals surface area contributed by atoms with Crippen LogP contribution in [0.25, 0.3) is 0 Å². The molecule has 0 amide bonds. The molecular formula is C6H11N3O2. The fourth-order valence-corrected chi connectivity index (χ4v) is 0.661. The Morgan fingerprint density at radius 3 is 3.18 bits per heavy atom. The summed E-state index contributed by atoms with van der Waals surface area (Å²) in [5.74, 6) is 0.485. The molecule has 1 atom stereocenters. The van der Waals surface area contributed by atoms with E-state index in [1.807, 2.05) is 6.92 Å². The monoisotopic (exact) mass is 157 g/mol. The SMILES string of the molecule is CCOCC(N)c1ncon1. The van der Waals surface area contributed by atoms with Crippen LogP contribution in [0.4, 0.5) is 0 Å². The van der Waals surface area contributed by atoms with Gasteiger partial charge < -0.3 is 15.0 Å². The second-order valence-corrected chi connectivity index (χ2v) is 2.06. The van der Waals surface area contributed by atoms with Crippen LogP contribution in [0.3, 0.4) is 0 Å². The highest BCUT2D eigenvalue weighted by molar-refractivity contribution is 4.87. The van der Waals surface area contributed by atoms with Gasteiger partial charge in [0.1, 0.15) is 0 Å². The smallest absolute Gasteiger partial charge is 0.213 e. The lowest BCUT2D eigenvalue weighted by molar-refractivity contribution is 0.130. The lowest BCUT2D eigenvalue weighted by atomic mass is 10.3. The van der Waals surface area contributed by atoms with E-state index in [9.17, 15) is 0 Å². The fourth-order valence-electron chi connectivity index (χ4n) is 0.661. The second kappa shape index (κ2) is 4.05. The van der Waals surface area contributed by atoms with Gasteiger partial charge in [0.2, 0.25) is 6.39 Å². The van der Waals surface area contributed by atoms with Crippen molar-refractivity contribution in [2.75, 3.05) is 13.2 Å². The summed E-state index contributed by atoms with van der Waals surface area (Å²) < 4.78 is 9.59. The Bertz CT molecular complexity index is 188. The van der Waals surface area contributed by atoms with Gasteiger partial charge in [0.15, 0.2) is 5.82 Å². The predicted molar refractivity (Wildman–Crippen MR) is 37.7 cm³/mol. The lowest BCUT2D eigenvalue weighted by Gasteiger charge is -2.05. The maximum absolute atomic E-state index is 5.62. The second-order valence-electron chi connectivity index (χ2n) is 2.06. The summed E-state index contributed by atoms with van der Waals surface area (Å²) >= 11 is 0. The van der Waals surface area contributed by atoms with E-state index in [0.29, 0.717) is 19.0 Å². The molecule has 1 aromatic rings. The summed E-state index contributed by atoms with van der Waals surface area (Å²) in [7, 11) is 0. The Morgan fingerprint density at radius 2 is 2.64 bits per heavy atom. The van der Waals surface area contributed by atoms with Crippen LogP contribution in [0.2, 0.25) is 0 Å². The number of nitrogens with two attached hydrogens (primary N) is 1. The van der Waals surface area contributed by atoms with E-state index in [1.54, 1.807) is 0 Å². The van der Waals surface area contributed by atoms with Gasteiger partial charge in [-0.3, -0.25) is 0 Å². The predicted octanol–water partition coefficient (Wildman–Crippen LogP) is 0.106. The van der Waals surface area contributed by atoms with Crippen molar-refractivity contribution < 1.29 is 9.26 Å². The Labute approximate surface area is 64.5 Å². The first-order chi connectivity index (χ1) is 5.34. The molecule has 0 saturated heterocycles. The van der Waals surface area contributed by atoms with Crippen molar-refractivity contribution in [3.63, 3.8) is 0 Å². The number of ether oxygens (including phenoxy) is 1. The highest BCUT2D eigenvalue weighted by atomic mass is 16.5. The molecular weight excluding hydrogens is 146 g/mol. The minimum atomic E-state index is -0.284. The number of nitrogens with zero attached hydrogens (tertiary/aromatic N) is 2. The van der Waals surface area contributed by atoms with Crippen molar-refractivity contribution >= 4 is 0 Å². The van der Waals surface area contributed by atoms with E-state index < -0.39 is 0 Å². The van der Waals surface area contributed by atoms with Crippen LogP contribution in [0.15, 0.2) is 10.9 Å². The average molecular weight is 157 g/mol. The minimum Gasteiger partial charge on any atom is -0.380 e. The van der Waals surface area contributed by atoms with Gasteiger partial charge in [0, 0.05) is 6.61 Å². The molecule has 1 aromatic heterocycles. The summed E-state index contributed by atoms with van der Waals surface area (Å²) in [6.07, 6.45) is 1.25. The van der Waals surface area contributed by atoms with Gasteiger partial charge in [-0.25, -0.2) is 0 Å². The topological polar surface area (TPSA) is 74.2 Å². The Kier molecular flexibility index (Phi) is 3.00. The first kappa shape index (κ1) is 8.16. The van der Waals surface area contributed by atoms with E-state index in [0.717, 1.165) is 0 Å². The first-order valence-corrected chi connectivity index (χ1v) is 3.44. The largest absolute Gasteiger partial charge is 0.380 e. The van der Waals surface area contributed by atoms with Crippen LogP contribution in [0.1, 0.15) is 18.8 Å². The van der Waals surface area contributed by atoms with Crippen LogP contribution in [-0.4, -0.2) is 23.4 Å². The highest BCUT2D eigenvalue weighted by Gasteiger charge is 2.09. The van der Waals surface area contributed by atoms with E-state index in [2.05, 4.69) is 14.7 Å². The van der Waals surface area contributed by atoms with Gasteiger partial charge >= 0.3 is 0 Å². The maximum atomic E-state index is 5.62. The third-order valence-corrected chi connectivity index (χ3v) is 1.21. The summed E-state index contributed by atoms with van der Waals surface area (Å²) in [4.78, 5) is 3.79. The van der Waals surface area contributed by atoms with Crippen molar-refractivity contribution in [2.24, 2.45) is 5.73 Å². The van der Waals surface area contributed by atoms with E-state index in [-0.39, 0.29) is 6.04 Å². The van der Waals surface area contributed by atoms with Crippen LogP contribution >= 0.6 is 0 Å². The number of hydrogen-bond donors (Lipinski definition) is 1. The van der Waals surface area contributed by atoms with Gasteiger partial charge in [-0.15, -0.1) is 0 Å². The molecule has 1 heterocycles. The van der Waals surface area contributed by atoms with Gasteiger partial charge in [-0.05, 0) is 6.92 Å². The molecule has 0 radical (unpaired) electrons. The molecule has 0 aliphatic heterocycles. The Hall–Kier alpha value is -0.940. The molecule has 62 valence electrons. The molecule has 0 bridgehead atoms. The van der Waals surface area contributed by atoms with Crippen molar-refractivity contribution in [2.45, 2.75) is 13.0 Å². The minimum absolute atomic E-state index is 0.284. The molecule has 1 rings (SSSR count). The molecule has 5 heteroatoms. The summed E-state index contributed by atoms with van der Waals surface area (Å²) in [5.41, 5.74) is 5.62. The summed E-state index contributed by atoms with van der Waals surface area (Å²) in [6, 6.07) is -0.284. The zero-order chi connectivity index (χ0) is 8.10. The Balaban J connectivity index is 2.36. The molecule has 0 spiro atoms. The van der Waals surface area contributed by atoms with Crippen LogP contribution in [-0.2, 0) is 4.74 Å².